The summed E-state index contributed by atoms with van der Waals surface area (Å²) in [4.78, 5) is 35.5. The van der Waals surface area contributed by atoms with Gasteiger partial charge < -0.3 is 28.4 Å². The number of rotatable bonds is 30. The van der Waals surface area contributed by atoms with Crippen molar-refractivity contribution in [1.29, 1.82) is 0 Å². The summed E-state index contributed by atoms with van der Waals surface area (Å²) >= 11 is 0. The molecule has 58 heavy (non-hydrogen) atoms. The molecular formula is C45H68N2O11. The number of nitro benzene ring substituents is 2. The maximum absolute atomic E-state index is 13.2. The van der Waals surface area contributed by atoms with Gasteiger partial charge in [-0.2, -0.15) is 0 Å². The topological polar surface area (TPSA) is 159 Å². The van der Waals surface area contributed by atoms with Gasteiger partial charge in [0.1, 0.15) is 11.5 Å². The Morgan fingerprint density at radius 3 is 1.26 bits per heavy atom. The number of nitrogens with zero attached hydrogens (tertiary/aromatic N) is 2. The van der Waals surface area contributed by atoms with Gasteiger partial charge in [0.25, 0.3) is 11.4 Å². The van der Waals surface area contributed by atoms with Crippen LogP contribution in [0.1, 0.15) is 166 Å². The van der Waals surface area contributed by atoms with Crippen LogP contribution in [0.25, 0.3) is 0 Å². The second kappa shape index (κ2) is 27.2. The summed E-state index contributed by atoms with van der Waals surface area (Å²) in [5.41, 5.74) is 0.486. The highest BCUT2D eigenvalue weighted by molar-refractivity contribution is 5.69. The second-order valence-electron chi connectivity index (χ2n) is 15.9. The lowest BCUT2D eigenvalue weighted by Gasteiger charge is -2.16. The summed E-state index contributed by atoms with van der Waals surface area (Å²) in [6.45, 7) is 5.09. The first kappa shape index (κ1) is 47.0. The highest BCUT2D eigenvalue weighted by atomic mass is 16.7. The van der Waals surface area contributed by atoms with Crippen LogP contribution >= 0.6 is 0 Å². The quantitative estimate of drug-likeness (QED) is 0.0243. The SMILES string of the molecule is CCCCCCCCCCCCC1OCC(Cc2cc([N+](=O)[O-])ccc2OC(=O)Oc2ccc([N+](=O)[O-])cc2CC2COC(CCCCCCCCCCCC)O2)O1. The number of hydrogen-bond acceptors (Lipinski definition) is 11. The number of hydrogen-bond donors (Lipinski definition) is 0. The molecule has 2 aliphatic rings. The third-order valence-electron chi connectivity index (χ3n) is 11.0. The van der Waals surface area contributed by atoms with Gasteiger partial charge in [-0.1, -0.05) is 129 Å². The number of carbonyl (C=O) groups excluding carboxylic acids is 1. The molecule has 0 amide bonds. The lowest BCUT2D eigenvalue weighted by molar-refractivity contribution is -0.385. The van der Waals surface area contributed by atoms with E-state index in [4.69, 9.17) is 28.4 Å². The number of benzene rings is 2. The molecule has 2 aromatic rings. The Balaban J connectivity index is 1.25. The molecule has 2 aromatic carbocycles. The maximum Gasteiger partial charge on any atom is 0.519 e. The predicted octanol–water partition coefficient (Wildman–Crippen LogP) is 12.3. The monoisotopic (exact) mass is 812 g/mol. The Morgan fingerprint density at radius 1 is 0.569 bits per heavy atom. The van der Waals surface area contributed by atoms with Crippen molar-refractivity contribution in [3.63, 3.8) is 0 Å². The summed E-state index contributed by atoms with van der Waals surface area (Å²) in [6, 6.07) is 7.96. The van der Waals surface area contributed by atoms with Gasteiger partial charge in [0.05, 0.1) is 35.3 Å². The van der Waals surface area contributed by atoms with Gasteiger partial charge in [-0.05, 0) is 37.8 Å². The van der Waals surface area contributed by atoms with Crippen LogP contribution in [0.15, 0.2) is 36.4 Å². The zero-order valence-corrected chi connectivity index (χ0v) is 35.0. The first-order valence-electron chi connectivity index (χ1n) is 22.2. The molecule has 4 atom stereocenters. The molecule has 2 heterocycles. The van der Waals surface area contributed by atoms with E-state index in [0.717, 1.165) is 38.5 Å². The summed E-state index contributed by atoms with van der Waals surface area (Å²) in [7, 11) is 0. The molecule has 13 nitrogen and oxygen atoms in total. The fourth-order valence-corrected chi connectivity index (χ4v) is 7.70. The standard InChI is InChI=1S/C45H68N2O11/c1-3-5-7-9-11-13-15-17-19-21-23-43-53-33-39(55-43)31-35-29-37(46(49)50)25-27-41(35)57-45(48)58-42-28-26-38(47(51)52)30-36(42)32-40-34-54-44(56-40)24-22-20-18-16-14-12-10-8-6-4-2/h25-30,39-40,43-44H,3-24,31-34H2,1-2H3. The molecule has 0 saturated carbocycles. The van der Waals surface area contributed by atoms with Gasteiger partial charge in [-0.15, -0.1) is 0 Å². The Morgan fingerprint density at radius 2 is 0.914 bits per heavy atom. The molecule has 0 N–H and O–H groups in total. The average Bonchev–Trinajstić information content (AvgIpc) is 3.86. The van der Waals surface area contributed by atoms with E-state index in [1.165, 1.54) is 139 Å². The largest absolute Gasteiger partial charge is 0.519 e. The van der Waals surface area contributed by atoms with Gasteiger partial charge in [-0.25, -0.2) is 4.79 Å². The molecule has 0 radical (unpaired) electrons. The minimum atomic E-state index is -1.09. The number of nitro groups is 2. The average molecular weight is 813 g/mol. The third-order valence-corrected chi connectivity index (χ3v) is 11.0. The molecule has 13 heteroatoms. The molecule has 0 bridgehead atoms. The Bertz CT molecular complexity index is 1410. The van der Waals surface area contributed by atoms with Crippen LogP contribution in [0.5, 0.6) is 11.5 Å². The number of non-ortho nitro benzene ring substituents is 2. The molecular weight excluding hydrogens is 744 g/mol. The number of carbonyl (C=O) groups is 1. The van der Waals surface area contributed by atoms with Crippen molar-refractivity contribution in [3.8, 4) is 11.5 Å². The van der Waals surface area contributed by atoms with Crippen LogP contribution in [-0.2, 0) is 31.8 Å². The highest BCUT2D eigenvalue weighted by Gasteiger charge is 2.30. The molecule has 2 fully saturated rings. The molecule has 2 saturated heterocycles. The summed E-state index contributed by atoms with van der Waals surface area (Å²) in [5.74, 6) is 0.172. The van der Waals surface area contributed by atoms with E-state index in [1.807, 2.05) is 0 Å². The van der Waals surface area contributed by atoms with Gasteiger partial charge in [0, 0.05) is 48.2 Å². The zero-order valence-electron chi connectivity index (χ0n) is 35.0. The van der Waals surface area contributed by atoms with Crippen molar-refractivity contribution < 1.29 is 43.1 Å². The van der Waals surface area contributed by atoms with E-state index in [0.29, 0.717) is 24.3 Å². The number of unbranched alkanes of at least 4 members (excludes halogenated alkanes) is 18. The molecule has 0 aromatic heterocycles. The van der Waals surface area contributed by atoms with Gasteiger partial charge in [0.15, 0.2) is 12.6 Å². The highest BCUT2D eigenvalue weighted by Crippen LogP contribution is 2.32. The van der Waals surface area contributed by atoms with E-state index in [1.54, 1.807) is 0 Å². The van der Waals surface area contributed by atoms with Crippen LogP contribution in [0, 0.1) is 20.2 Å². The fraction of sp³-hybridized carbons (Fsp3) is 0.711. The van der Waals surface area contributed by atoms with Gasteiger partial charge >= 0.3 is 6.16 Å². The van der Waals surface area contributed by atoms with Crippen molar-refractivity contribution in [2.45, 2.75) is 193 Å². The van der Waals surface area contributed by atoms with Crippen LogP contribution in [0.4, 0.5) is 16.2 Å². The zero-order chi connectivity index (χ0) is 41.4. The Hall–Kier alpha value is -3.65. The van der Waals surface area contributed by atoms with E-state index in [2.05, 4.69) is 13.8 Å². The van der Waals surface area contributed by atoms with Crippen molar-refractivity contribution >= 4 is 17.5 Å². The molecule has 324 valence electrons. The van der Waals surface area contributed by atoms with E-state index in [9.17, 15) is 25.0 Å². The molecule has 0 aliphatic carbocycles. The van der Waals surface area contributed by atoms with Crippen molar-refractivity contribution in [2.24, 2.45) is 0 Å². The maximum atomic E-state index is 13.2. The van der Waals surface area contributed by atoms with Crippen molar-refractivity contribution in [2.75, 3.05) is 13.2 Å². The fourth-order valence-electron chi connectivity index (χ4n) is 7.70. The van der Waals surface area contributed by atoms with Crippen LogP contribution in [0.3, 0.4) is 0 Å². The Labute approximate surface area is 345 Å². The van der Waals surface area contributed by atoms with Gasteiger partial charge in [0.2, 0.25) is 0 Å². The van der Waals surface area contributed by atoms with Crippen LogP contribution in [-0.4, -0.2) is 54.0 Å². The van der Waals surface area contributed by atoms with Crippen molar-refractivity contribution in [1.82, 2.24) is 0 Å². The van der Waals surface area contributed by atoms with Gasteiger partial charge in [-0.3, -0.25) is 20.2 Å². The first-order chi connectivity index (χ1) is 28.2. The first-order valence-corrected chi connectivity index (χ1v) is 22.2. The minimum absolute atomic E-state index is 0.0862. The summed E-state index contributed by atoms with van der Waals surface area (Å²) in [6.07, 6.45) is 24.2. The van der Waals surface area contributed by atoms with E-state index in [-0.39, 0.29) is 60.5 Å². The molecule has 0 spiro atoms. The Kier molecular flexibility index (Phi) is 22.0. The second-order valence-corrected chi connectivity index (χ2v) is 15.9. The van der Waals surface area contributed by atoms with Crippen molar-refractivity contribution in [3.05, 3.63) is 67.8 Å². The summed E-state index contributed by atoms with van der Waals surface area (Å²) in [5, 5.41) is 23.3. The van der Waals surface area contributed by atoms with E-state index < -0.39 is 16.0 Å². The predicted molar refractivity (Wildman–Crippen MR) is 222 cm³/mol. The molecule has 4 unspecified atom stereocenters. The van der Waals surface area contributed by atoms with E-state index >= 15 is 0 Å². The minimum Gasteiger partial charge on any atom is -0.394 e. The lowest BCUT2D eigenvalue weighted by Crippen LogP contribution is -2.20. The molecule has 4 rings (SSSR count). The smallest absolute Gasteiger partial charge is 0.394 e. The molecule has 2 aliphatic heterocycles. The van der Waals surface area contributed by atoms with Crippen LogP contribution in [0.2, 0.25) is 0 Å². The third kappa shape index (κ3) is 17.7. The number of ether oxygens (including phenoxy) is 6. The lowest BCUT2D eigenvalue weighted by atomic mass is 10.1. The normalized spacial score (nSPS) is 19.1. The van der Waals surface area contributed by atoms with Crippen LogP contribution < -0.4 is 9.47 Å². The summed E-state index contributed by atoms with van der Waals surface area (Å²) < 4.78 is 35.3.